The molecule has 4 heteroatoms. The van der Waals surface area contributed by atoms with Crippen LogP contribution in [0, 0.1) is 0 Å². The molecule has 140 valence electrons. The highest BCUT2D eigenvalue weighted by Gasteiger charge is 2.52. The first-order valence-electron chi connectivity index (χ1n) is 9.29. The number of halogens is 2. The Balaban J connectivity index is 1.87. The number of hydrogen-bond acceptors (Lipinski definition) is 2. The normalized spacial score (nSPS) is 14.4. The maximum Gasteiger partial charge on any atom is 0.130 e. The molecule has 0 atom stereocenters. The van der Waals surface area contributed by atoms with Crippen molar-refractivity contribution in [3.05, 3.63) is 104 Å². The van der Waals surface area contributed by atoms with E-state index in [4.69, 9.17) is 0 Å². The first-order chi connectivity index (χ1) is 14.0. The summed E-state index contributed by atoms with van der Waals surface area (Å²) in [5.74, 6) is 0.423. The highest BCUT2D eigenvalue weighted by Crippen LogP contribution is 2.64. The molecule has 0 radical (unpaired) electrons. The van der Waals surface area contributed by atoms with Crippen LogP contribution in [-0.4, -0.2) is 10.2 Å². The number of aromatic hydroxyl groups is 2. The number of rotatable bonds is 0. The number of phenols is 2. The topological polar surface area (TPSA) is 40.5 Å². The van der Waals surface area contributed by atoms with Crippen molar-refractivity contribution in [1.29, 1.82) is 0 Å². The van der Waals surface area contributed by atoms with Gasteiger partial charge in [0.25, 0.3) is 0 Å². The predicted molar refractivity (Wildman–Crippen MR) is 121 cm³/mol. The molecular weight excluding hydrogens is 492 g/mol. The number of phenolic OH excluding ortho intramolecular Hbond substituents is 2. The molecule has 0 saturated carbocycles. The molecule has 2 nitrogen and oxygen atoms in total. The van der Waals surface area contributed by atoms with Gasteiger partial charge < -0.3 is 10.2 Å². The third-order valence-corrected chi connectivity index (χ3v) is 7.49. The lowest BCUT2D eigenvalue weighted by Crippen LogP contribution is -2.25. The van der Waals surface area contributed by atoms with Crippen LogP contribution in [0.25, 0.3) is 22.3 Å². The van der Waals surface area contributed by atoms with Crippen molar-refractivity contribution in [1.82, 2.24) is 0 Å². The molecule has 1 spiro atoms. The van der Waals surface area contributed by atoms with Crippen molar-refractivity contribution in [3.8, 4) is 33.8 Å². The van der Waals surface area contributed by atoms with E-state index in [0.29, 0.717) is 8.95 Å². The van der Waals surface area contributed by atoms with Gasteiger partial charge >= 0.3 is 0 Å². The summed E-state index contributed by atoms with van der Waals surface area (Å²) in [6, 6.07) is 24.5. The standard InChI is InChI=1S/C25H14Br2O2/c26-21-9-15-13-5-1-3-7-17(13)25(19(15)11-23(21)28)18-8-4-2-6-14(18)16-10-22(27)24(29)12-20(16)25/h1-12,28-29H. The lowest BCUT2D eigenvalue weighted by molar-refractivity contribution is 0.469. The minimum absolute atomic E-state index is 0.211. The van der Waals surface area contributed by atoms with E-state index in [-0.39, 0.29) is 11.5 Å². The van der Waals surface area contributed by atoms with E-state index < -0.39 is 5.41 Å². The molecular formula is C25H14Br2O2. The van der Waals surface area contributed by atoms with E-state index in [0.717, 1.165) is 33.4 Å². The molecule has 2 aliphatic carbocycles. The molecule has 0 bridgehead atoms. The zero-order valence-electron chi connectivity index (χ0n) is 15.1. The Labute approximate surface area is 184 Å². The zero-order chi connectivity index (χ0) is 19.9. The SMILES string of the molecule is Oc1cc2c(cc1Br)-c1ccccc1C21c2ccccc2-c2cc(Br)c(O)cc21. The summed E-state index contributed by atoms with van der Waals surface area (Å²) in [6.07, 6.45) is 0. The molecule has 4 aromatic rings. The van der Waals surface area contributed by atoms with Crippen LogP contribution in [0.3, 0.4) is 0 Å². The van der Waals surface area contributed by atoms with Crippen LogP contribution in [0.5, 0.6) is 11.5 Å². The van der Waals surface area contributed by atoms with Crippen molar-refractivity contribution in [3.63, 3.8) is 0 Å². The Hall–Kier alpha value is -2.56. The Bertz CT molecular complexity index is 1250. The highest BCUT2D eigenvalue weighted by atomic mass is 79.9. The van der Waals surface area contributed by atoms with Gasteiger partial charge in [-0.05, 0) is 101 Å². The van der Waals surface area contributed by atoms with Gasteiger partial charge in [0.1, 0.15) is 11.5 Å². The van der Waals surface area contributed by atoms with Crippen molar-refractivity contribution in [2.75, 3.05) is 0 Å². The van der Waals surface area contributed by atoms with E-state index in [9.17, 15) is 10.2 Å². The Morgan fingerprint density at radius 3 is 1.38 bits per heavy atom. The van der Waals surface area contributed by atoms with Crippen LogP contribution < -0.4 is 0 Å². The largest absolute Gasteiger partial charge is 0.507 e. The summed E-state index contributed by atoms with van der Waals surface area (Å²) < 4.78 is 1.35. The third kappa shape index (κ3) is 2.01. The van der Waals surface area contributed by atoms with Gasteiger partial charge in [-0.1, -0.05) is 48.5 Å². The van der Waals surface area contributed by atoms with Gasteiger partial charge in [0.15, 0.2) is 0 Å². The van der Waals surface area contributed by atoms with Gasteiger partial charge in [-0.25, -0.2) is 0 Å². The summed E-state index contributed by atoms with van der Waals surface area (Å²) in [6.45, 7) is 0. The van der Waals surface area contributed by atoms with Gasteiger partial charge in [-0.15, -0.1) is 0 Å². The Morgan fingerprint density at radius 1 is 0.517 bits per heavy atom. The molecule has 0 aliphatic heterocycles. The maximum atomic E-state index is 10.6. The van der Waals surface area contributed by atoms with Crippen molar-refractivity contribution in [2.24, 2.45) is 0 Å². The third-order valence-electron chi connectivity index (χ3n) is 6.22. The molecule has 2 N–H and O–H groups in total. The van der Waals surface area contributed by atoms with E-state index >= 15 is 0 Å². The summed E-state index contributed by atoms with van der Waals surface area (Å²) in [5, 5.41) is 21.2. The predicted octanol–water partition coefficient (Wildman–Crippen LogP) is 6.97. The van der Waals surface area contributed by atoms with Gasteiger partial charge in [-0.3, -0.25) is 0 Å². The minimum atomic E-state index is -0.575. The zero-order valence-corrected chi connectivity index (χ0v) is 18.3. The Morgan fingerprint density at radius 2 is 0.931 bits per heavy atom. The van der Waals surface area contributed by atoms with Crippen LogP contribution in [0.15, 0.2) is 81.7 Å². The fraction of sp³-hybridized carbons (Fsp3) is 0.0400. The second kappa shape index (κ2) is 5.74. The maximum absolute atomic E-state index is 10.6. The van der Waals surface area contributed by atoms with Crippen molar-refractivity contribution < 1.29 is 10.2 Å². The first kappa shape index (κ1) is 17.3. The van der Waals surface area contributed by atoms with Crippen molar-refractivity contribution >= 4 is 31.9 Å². The van der Waals surface area contributed by atoms with Crippen molar-refractivity contribution in [2.45, 2.75) is 5.41 Å². The lowest BCUT2D eigenvalue weighted by Gasteiger charge is -2.30. The first-order valence-corrected chi connectivity index (χ1v) is 10.9. The second-order valence-electron chi connectivity index (χ2n) is 7.54. The number of fused-ring (bicyclic) bond motifs is 10. The molecule has 0 saturated heterocycles. The fourth-order valence-corrected chi connectivity index (χ4v) is 5.84. The number of hydrogen-bond donors (Lipinski definition) is 2. The van der Waals surface area contributed by atoms with E-state index in [1.165, 1.54) is 11.1 Å². The van der Waals surface area contributed by atoms with E-state index in [1.807, 2.05) is 36.4 Å². The molecule has 0 amide bonds. The van der Waals surface area contributed by atoms with Crippen LogP contribution >= 0.6 is 31.9 Å². The monoisotopic (exact) mass is 504 g/mol. The molecule has 0 aromatic heterocycles. The molecule has 29 heavy (non-hydrogen) atoms. The molecule has 0 fully saturated rings. The van der Waals surface area contributed by atoms with Gasteiger partial charge in [-0.2, -0.15) is 0 Å². The summed E-state index contributed by atoms with van der Waals surface area (Å²) in [4.78, 5) is 0. The quantitative estimate of drug-likeness (QED) is 0.234. The summed E-state index contributed by atoms with van der Waals surface area (Å²) in [5.41, 5.74) is 8.31. The average Bonchev–Trinajstić information content (AvgIpc) is 3.16. The van der Waals surface area contributed by atoms with Gasteiger partial charge in [0.05, 0.1) is 14.4 Å². The second-order valence-corrected chi connectivity index (χ2v) is 9.25. The molecule has 6 rings (SSSR count). The van der Waals surface area contributed by atoms with E-state index in [2.05, 4.69) is 68.3 Å². The molecule has 0 unspecified atom stereocenters. The van der Waals surface area contributed by atoms with E-state index in [1.54, 1.807) is 0 Å². The summed E-state index contributed by atoms with van der Waals surface area (Å²) >= 11 is 6.97. The molecule has 2 aliphatic rings. The van der Waals surface area contributed by atoms with Crippen LogP contribution in [0.4, 0.5) is 0 Å². The van der Waals surface area contributed by atoms with Gasteiger partial charge in [0.2, 0.25) is 0 Å². The van der Waals surface area contributed by atoms with Gasteiger partial charge in [0, 0.05) is 0 Å². The number of benzene rings is 4. The van der Waals surface area contributed by atoms with Crippen LogP contribution in [-0.2, 0) is 5.41 Å². The lowest BCUT2D eigenvalue weighted by atomic mass is 9.70. The average molecular weight is 506 g/mol. The molecule has 4 aromatic carbocycles. The molecule has 0 heterocycles. The van der Waals surface area contributed by atoms with Crippen LogP contribution in [0.1, 0.15) is 22.3 Å². The van der Waals surface area contributed by atoms with Crippen LogP contribution in [0.2, 0.25) is 0 Å². The highest BCUT2D eigenvalue weighted by molar-refractivity contribution is 9.10. The summed E-state index contributed by atoms with van der Waals surface area (Å²) in [7, 11) is 0. The Kier molecular flexibility index (Phi) is 3.43. The smallest absolute Gasteiger partial charge is 0.130 e. The minimum Gasteiger partial charge on any atom is -0.507 e. The fourth-order valence-electron chi connectivity index (χ4n) is 5.15.